The van der Waals surface area contributed by atoms with Crippen molar-refractivity contribution in [2.24, 2.45) is 5.92 Å². The van der Waals surface area contributed by atoms with E-state index in [1.807, 2.05) is 0 Å². The highest BCUT2D eigenvalue weighted by molar-refractivity contribution is 7.90. The maximum atomic E-state index is 10.8. The summed E-state index contributed by atoms with van der Waals surface area (Å²) in [5.41, 5.74) is 0. The molecule has 1 rings (SSSR count). The van der Waals surface area contributed by atoms with Crippen LogP contribution in [0.15, 0.2) is 0 Å². The molecule has 1 fully saturated rings. The molecule has 0 amide bonds. The van der Waals surface area contributed by atoms with E-state index >= 15 is 0 Å². The minimum atomic E-state index is -2.81. The lowest BCUT2D eigenvalue weighted by Crippen LogP contribution is -2.10. The SMILES string of the molecule is CS(=O)(=O)CCCCC(O)C1CC1. The third kappa shape index (κ3) is 5.26. The summed E-state index contributed by atoms with van der Waals surface area (Å²) in [5.74, 6) is 0.767. The van der Waals surface area contributed by atoms with Gasteiger partial charge in [0.15, 0.2) is 0 Å². The molecule has 0 aliphatic heterocycles. The Morgan fingerprint density at radius 2 is 2.00 bits per heavy atom. The highest BCUT2D eigenvalue weighted by Gasteiger charge is 2.28. The van der Waals surface area contributed by atoms with Crippen LogP contribution in [0.5, 0.6) is 0 Å². The smallest absolute Gasteiger partial charge is 0.147 e. The van der Waals surface area contributed by atoms with Crippen molar-refractivity contribution in [3.05, 3.63) is 0 Å². The Morgan fingerprint density at radius 3 is 2.46 bits per heavy atom. The van der Waals surface area contributed by atoms with E-state index in [4.69, 9.17) is 0 Å². The first-order valence-electron chi connectivity index (χ1n) is 4.85. The highest BCUT2D eigenvalue weighted by Crippen LogP contribution is 2.34. The van der Waals surface area contributed by atoms with Gasteiger partial charge >= 0.3 is 0 Å². The van der Waals surface area contributed by atoms with Crippen LogP contribution in [0, 0.1) is 5.92 Å². The second kappa shape index (κ2) is 4.42. The van der Waals surface area contributed by atoms with E-state index < -0.39 is 9.84 Å². The number of hydrogen-bond acceptors (Lipinski definition) is 3. The van der Waals surface area contributed by atoms with Gasteiger partial charge in [-0.25, -0.2) is 8.42 Å². The molecule has 0 spiro atoms. The molecule has 1 N–H and O–H groups in total. The maximum absolute atomic E-state index is 10.8. The van der Waals surface area contributed by atoms with Crippen molar-refractivity contribution in [2.45, 2.75) is 38.2 Å². The third-order valence-electron chi connectivity index (χ3n) is 2.43. The van der Waals surface area contributed by atoms with Crippen molar-refractivity contribution in [1.29, 1.82) is 0 Å². The van der Waals surface area contributed by atoms with E-state index in [-0.39, 0.29) is 11.9 Å². The van der Waals surface area contributed by atoms with Gasteiger partial charge in [0.25, 0.3) is 0 Å². The van der Waals surface area contributed by atoms with Crippen molar-refractivity contribution in [1.82, 2.24) is 0 Å². The quantitative estimate of drug-likeness (QED) is 0.659. The molecule has 1 saturated carbocycles. The average Bonchev–Trinajstić information content (AvgIpc) is 2.77. The van der Waals surface area contributed by atoms with Crippen LogP contribution in [0.4, 0.5) is 0 Å². The summed E-state index contributed by atoms with van der Waals surface area (Å²) in [6.45, 7) is 0. The Labute approximate surface area is 80.1 Å². The van der Waals surface area contributed by atoms with Crippen molar-refractivity contribution < 1.29 is 13.5 Å². The van der Waals surface area contributed by atoms with Crippen LogP contribution in [0.25, 0.3) is 0 Å². The number of unbranched alkanes of at least 4 members (excludes halogenated alkanes) is 1. The fourth-order valence-corrected chi connectivity index (χ4v) is 2.16. The summed E-state index contributed by atoms with van der Waals surface area (Å²) in [6.07, 6.45) is 5.64. The monoisotopic (exact) mass is 206 g/mol. The van der Waals surface area contributed by atoms with Crippen molar-refractivity contribution in [3.8, 4) is 0 Å². The summed E-state index contributed by atoms with van der Waals surface area (Å²) in [7, 11) is -2.81. The van der Waals surface area contributed by atoms with E-state index in [2.05, 4.69) is 0 Å². The van der Waals surface area contributed by atoms with Crippen LogP contribution in [0.2, 0.25) is 0 Å². The molecule has 1 unspecified atom stereocenters. The molecule has 1 atom stereocenters. The standard InChI is InChI=1S/C9H18O3S/c1-13(11,12)7-3-2-4-9(10)8-5-6-8/h8-10H,2-7H2,1H3. The van der Waals surface area contributed by atoms with Crippen molar-refractivity contribution in [3.63, 3.8) is 0 Å². The molecule has 1 aliphatic carbocycles. The van der Waals surface area contributed by atoms with Crippen LogP contribution < -0.4 is 0 Å². The van der Waals surface area contributed by atoms with Crippen LogP contribution in [-0.4, -0.2) is 31.6 Å². The van der Waals surface area contributed by atoms with Gasteiger partial charge in [-0.1, -0.05) is 0 Å². The summed E-state index contributed by atoms with van der Waals surface area (Å²) < 4.78 is 21.5. The van der Waals surface area contributed by atoms with Gasteiger partial charge in [0.2, 0.25) is 0 Å². The molecule has 1 aliphatic rings. The topological polar surface area (TPSA) is 54.4 Å². The second-order valence-electron chi connectivity index (χ2n) is 4.03. The molecule has 0 aromatic heterocycles. The molecule has 13 heavy (non-hydrogen) atoms. The third-order valence-corrected chi connectivity index (χ3v) is 3.46. The Morgan fingerprint density at radius 1 is 1.38 bits per heavy atom. The molecule has 0 saturated heterocycles. The van der Waals surface area contributed by atoms with E-state index in [1.54, 1.807) is 0 Å². The molecule has 4 heteroatoms. The molecule has 0 aromatic rings. The van der Waals surface area contributed by atoms with Crippen molar-refractivity contribution in [2.75, 3.05) is 12.0 Å². The van der Waals surface area contributed by atoms with Gasteiger partial charge in [-0.05, 0) is 38.0 Å². The number of rotatable bonds is 6. The van der Waals surface area contributed by atoms with Crippen LogP contribution in [0.1, 0.15) is 32.1 Å². The van der Waals surface area contributed by atoms with Gasteiger partial charge in [-0.3, -0.25) is 0 Å². The van der Waals surface area contributed by atoms with Gasteiger partial charge in [0.05, 0.1) is 6.10 Å². The van der Waals surface area contributed by atoms with Gasteiger partial charge in [-0.2, -0.15) is 0 Å². The lowest BCUT2D eigenvalue weighted by Gasteiger charge is -2.07. The fourth-order valence-electron chi connectivity index (χ4n) is 1.43. The zero-order chi connectivity index (χ0) is 9.90. The number of aliphatic hydroxyl groups is 1. The van der Waals surface area contributed by atoms with Gasteiger partial charge in [-0.15, -0.1) is 0 Å². The normalized spacial score (nSPS) is 20.2. The molecule has 78 valence electrons. The minimum Gasteiger partial charge on any atom is -0.393 e. The summed E-state index contributed by atoms with van der Waals surface area (Å²) >= 11 is 0. The Bertz CT molecular complexity index is 242. The predicted octanol–water partition coefficient (Wildman–Crippen LogP) is 0.972. The first-order valence-corrected chi connectivity index (χ1v) is 6.91. The minimum absolute atomic E-state index is 0.181. The fraction of sp³-hybridized carbons (Fsp3) is 1.00. The second-order valence-corrected chi connectivity index (χ2v) is 6.29. The lowest BCUT2D eigenvalue weighted by atomic mass is 10.1. The van der Waals surface area contributed by atoms with Gasteiger partial charge < -0.3 is 5.11 Å². The summed E-state index contributed by atoms with van der Waals surface area (Å²) in [4.78, 5) is 0. The Hall–Kier alpha value is -0.0900. The van der Waals surface area contributed by atoms with Gasteiger partial charge in [0, 0.05) is 12.0 Å². The average molecular weight is 206 g/mol. The molecule has 0 aromatic carbocycles. The molecular weight excluding hydrogens is 188 g/mol. The zero-order valence-electron chi connectivity index (χ0n) is 8.07. The molecular formula is C9H18O3S. The van der Waals surface area contributed by atoms with E-state index in [0.717, 1.165) is 25.7 Å². The summed E-state index contributed by atoms with van der Waals surface area (Å²) in [5, 5.41) is 9.47. The molecule has 0 bridgehead atoms. The van der Waals surface area contributed by atoms with E-state index in [9.17, 15) is 13.5 Å². The van der Waals surface area contributed by atoms with Crippen LogP contribution in [0.3, 0.4) is 0 Å². The van der Waals surface area contributed by atoms with E-state index in [1.165, 1.54) is 6.26 Å². The number of aliphatic hydroxyl groups excluding tert-OH is 1. The largest absolute Gasteiger partial charge is 0.393 e. The number of sulfone groups is 1. The Balaban J connectivity index is 2.00. The first kappa shape index (κ1) is 11.0. The van der Waals surface area contributed by atoms with Gasteiger partial charge in [0.1, 0.15) is 9.84 Å². The molecule has 0 heterocycles. The zero-order valence-corrected chi connectivity index (χ0v) is 8.89. The predicted molar refractivity (Wildman–Crippen MR) is 52.3 cm³/mol. The number of hydrogen-bond donors (Lipinski definition) is 1. The van der Waals surface area contributed by atoms with E-state index in [0.29, 0.717) is 12.3 Å². The maximum Gasteiger partial charge on any atom is 0.147 e. The lowest BCUT2D eigenvalue weighted by molar-refractivity contribution is 0.139. The van der Waals surface area contributed by atoms with Crippen LogP contribution in [-0.2, 0) is 9.84 Å². The van der Waals surface area contributed by atoms with Crippen molar-refractivity contribution >= 4 is 9.84 Å². The highest BCUT2D eigenvalue weighted by atomic mass is 32.2. The Kier molecular flexibility index (Phi) is 3.74. The summed E-state index contributed by atoms with van der Waals surface area (Å²) in [6, 6.07) is 0. The van der Waals surface area contributed by atoms with Crippen LogP contribution >= 0.6 is 0 Å². The molecule has 0 radical (unpaired) electrons. The first-order chi connectivity index (χ1) is 5.99. The molecule has 3 nitrogen and oxygen atoms in total.